The van der Waals surface area contributed by atoms with Crippen LogP contribution in [0.5, 0.6) is 0 Å². The maximum atomic E-state index is 13.2. The molecule has 3 nitrogen and oxygen atoms in total. The van der Waals surface area contributed by atoms with Gasteiger partial charge in [-0.05, 0) is 81.6 Å². The summed E-state index contributed by atoms with van der Waals surface area (Å²) in [6.45, 7) is 5.75. The van der Waals surface area contributed by atoms with Crippen molar-refractivity contribution in [2.75, 3.05) is 19.6 Å². The molecule has 2 atom stereocenters. The largest absolute Gasteiger partial charge is 0.416 e. The highest BCUT2D eigenvalue weighted by Gasteiger charge is 2.37. The van der Waals surface area contributed by atoms with E-state index >= 15 is 0 Å². The Labute approximate surface area is 211 Å². The number of aryl methyl sites for hydroxylation is 1. The maximum absolute atomic E-state index is 13.2. The third-order valence-electron chi connectivity index (χ3n) is 6.73. The first kappa shape index (κ1) is 28.3. The summed E-state index contributed by atoms with van der Waals surface area (Å²) in [5.41, 5.74) is -2.03. The summed E-state index contributed by atoms with van der Waals surface area (Å²) >= 11 is 6.30. The molecular formula is C26H29ClF6N2O. The van der Waals surface area contributed by atoms with Crippen LogP contribution < -0.4 is 5.32 Å². The van der Waals surface area contributed by atoms with Crippen LogP contribution in [0.1, 0.15) is 71.1 Å². The summed E-state index contributed by atoms with van der Waals surface area (Å²) in [4.78, 5) is 15.1. The van der Waals surface area contributed by atoms with E-state index in [1.54, 1.807) is 6.07 Å². The molecule has 1 fully saturated rings. The number of alkyl halides is 6. The highest BCUT2D eigenvalue weighted by Crippen LogP contribution is 2.36. The van der Waals surface area contributed by atoms with Gasteiger partial charge in [0.05, 0.1) is 11.1 Å². The van der Waals surface area contributed by atoms with Gasteiger partial charge in [-0.1, -0.05) is 30.2 Å². The van der Waals surface area contributed by atoms with Gasteiger partial charge in [-0.3, -0.25) is 4.79 Å². The van der Waals surface area contributed by atoms with Crippen LogP contribution in [0.3, 0.4) is 0 Å². The van der Waals surface area contributed by atoms with Gasteiger partial charge in [-0.15, -0.1) is 0 Å². The van der Waals surface area contributed by atoms with Crippen LogP contribution in [0, 0.1) is 6.92 Å². The van der Waals surface area contributed by atoms with Crippen molar-refractivity contribution in [2.24, 2.45) is 0 Å². The molecule has 0 spiro atoms. The Bertz CT molecular complexity index is 1040. The minimum Gasteiger partial charge on any atom is -0.351 e. The molecule has 2 aromatic carbocycles. The lowest BCUT2D eigenvalue weighted by molar-refractivity contribution is -0.143. The summed E-state index contributed by atoms with van der Waals surface area (Å²) in [7, 11) is 0. The number of nitrogens with one attached hydrogen (secondary N) is 1. The second kappa shape index (κ2) is 11.4. The van der Waals surface area contributed by atoms with Crippen molar-refractivity contribution in [1.82, 2.24) is 10.2 Å². The molecule has 36 heavy (non-hydrogen) atoms. The number of likely N-dealkylation sites (tertiary alicyclic amines) is 1. The second-order valence-corrected chi connectivity index (χ2v) is 9.79. The van der Waals surface area contributed by atoms with Gasteiger partial charge in [-0.2, -0.15) is 26.3 Å². The normalized spacial score (nSPS) is 18.2. The zero-order valence-corrected chi connectivity index (χ0v) is 20.8. The van der Waals surface area contributed by atoms with Gasteiger partial charge in [0.1, 0.15) is 0 Å². The number of nitrogens with zero attached hydrogens (tertiary/aromatic N) is 1. The smallest absolute Gasteiger partial charge is 0.351 e. The summed E-state index contributed by atoms with van der Waals surface area (Å²) in [6.07, 6.45) is -6.05. The molecule has 1 heterocycles. The van der Waals surface area contributed by atoms with Crippen molar-refractivity contribution in [3.05, 3.63) is 69.2 Å². The van der Waals surface area contributed by atoms with Gasteiger partial charge in [0, 0.05) is 29.1 Å². The van der Waals surface area contributed by atoms with Gasteiger partial charge in [0.15, 0.2) is 0 Å². The Morgan fingerprint density at radius 1 is 1.06 bits per heavy atom. The minimum absolute atomic E-state index is 0.00761. The first-order valence-corrected chi connectivity index (χ1v) is 12.2. The van der Waals surface area contributed by atoms with Gasteiger partial charge in [0.2, 0.25) is 0 Å². The van der Waals surface area contributed by atoms with Crippen LogP contribution in [0.2, 0.25) is 5.02 Å². The number of carbonyl (C=O) groups excluding carboxylic acids is 1. The SMILES string of the molecule is Cc1ccc(C(CCN2CCCCC2C)CNC(=O)c2cc(C(F)(F)F)cc(C(F)(F)F)c2)cc1Cl. The molecular weight excluding hydrogens is 506 g/mol. The van der Waals surface area contributed by atoms with Gasteiger partial charge >= 0.3 is 12.4 Å². The van der Waals surface area contributed by atoms with Crippen LogP contribution in [-0.2, 0) is 12.4 Å². The number of benzene rings is 2. The third-order valence-corrected chi connectivity index (χ3v) is 7.14. The summed E-state index contributed by atoms with van der Waals surface area (Å²) in [5, 5.41) is 3.10. The van der Waals surface area contributed by atoms with Crippen LogP contribution in [0.4, 0.5) is 26.3 Å². The van der Waals surface area contributed by atoms with Crippen molar-refractivity contribution >= 4 is 17.5 Å². The Hall–Kier alpha value is -2.26. The van der Waals surface area contributed by atoms with E-state index in [0.29, 0.717) is 29.6 Å². The molecule has 1 aliphatic heterocycles. The minimum atomic E-state index is -5.03. The van der Waals surface area contributed by atoms with Crippen molar-refractivity contribution in [1.29, 1.82) is 0 Å². The van der Waals surface area contributed by atoms with Crippen molar-refractivity contribution < 1.29 is 31.1 Å². The van der Waals surface area contributed by atoms with Gasteiger partial charge in [0.25, 0.3) is 5.91 Å². The average Bonchev–Trinajstić information content (AvgIpc) is 2.80. The number of rotatable bonds is 7. The molecule has 0 aromatic heterocycles. The fourth-order valence-corrected chi connectivity index (χ4v) is 4.65. The van der Waals surface area contributed by atoms with E-state index in [1.807, 2.05) is 19.1 Å². The monoisotopic (exact) mass is 534 g/mol. The molecule has 1 saturated heterocycles. The van der Waals surface area contributed by atoms with Crippen LogP contribution >= 0.6 is 11.6 Å². The van der Waals surface area contributed by atoms with E-state index in [9.17, 15) is 31.1 Å². The molecule has 3 rings (SSSR count). The van der Waals surface area contributed by atoms with E-state index in [1.165, 1.54) is 6.42 Å². The zero-order chi connectivity index (χ0) is 26.7. The highest BCUT2D eigenvalue weighted by atomic mass is 35.5. The molecule has 1 amide bonds. The molecule has 10 heteroatoms. The molecule has 0 aliphatic carbocycles. The summed E-state index contributed by atoms with van der Waals surface area (Å²) < 4.78 is 79.2. The van der Waals surface area contributed by atoms with Crippen molar-refractivity contribution in [3.63, 3.8) is 0 Å². The fourth-order valence-electron chi connectivity index (χ4n) is 4.47. The van der Waals surface area contributed by atoms with E-state index in [0.717, 1.165) is 37.1 Å². The standard InChI is InChI=1S/C26H29ClF6N2O/c1-16-6-7-18(13-23(16)27)19(8-10-35-9-4-3-5-17(35)2)15-34-24(36)20-11-21(25(28,29)30)14-22(12-20)26(31,32)33/h6-7,11-14,17,19H,3-5,8-10,15H2,1-2H3,(H,34,36). The lowest BCUT2D eigenvalue weighted by Crippen LogP contribution is -2.39. The number of piperidine rings is 1. The van der Waals surface area contributed by atoms with E-state index in [2.05, 4.69) is 17.1 Å². The van der Waals surface area contributed by atoms with Crippen molar-refractivity contribution in [2.45, 2.75) is 63.8 Å². The number of carbonyl (C=O) groups is 1. The summed E-state index contributed by atoms with van der Waals surface area (Å²) in [5.74, 6) is -1.23. The number of amides is 1. The maximum Gasteiger partial charge on any atom is 0.416 e. The van der Waals surface area contributed by atoms with Crippen LogP contribution in [0.15, 0.2) is 36.4 Å². The number of hydrogen-bond donors (Lipinski definition) is 1. The molecule has 1 N–H and O–H groups in total. The molecule has 0 radical (unpaired) electrons. The molecule has 2 unspecified atom stereocenters. The predicted octanol–water partition coefficient (Wildman–Crippen LogP) is 7.46. The van der Waals surface area contributed by atoms with Crippen molar-refractivity contribution in [3.8, 4) is 0 Å². The predicted molar refractivity (Wildman–Crippen MR) is 127 cm³/mol. The average molecular weight is 535 g/mol. The van der Waals surface area contributed by atoms with Crippen LogP contribution in [0.25, 0.3) is 0 Å². The summed E-state index contributed by atoms with van der Waals surface area (Å²) in [6, 6.07) is 6.83. The first-order valence-electron chi connectivity index (χ1n) is 11.8. The Kier molecular flexibility index (Phi) is 8.98. The quantitative estimate of drug-likeness (QED) is 0.374. The van der Waals surface area contributed by atoms with E-state index in [-0.39, 0.29) is 18.5 Å². The second-order valence-electron chi connectivity index (χ2n) is 9.38. The number of halogens is 7. The Morgan fingerprint density at radius 2 is 1.69 bits per heavy atom. The van der Waals surface area contributed by atoms with Crippen LogP contribution in [-0.4, -0.2) is 36.5 Å². The van der Waals surface area contributed by atoms with Gasteiger partial charge in [-0.25, -0.2) is 0 Å². The molecule has 0 saturated carbocycles. The third kappa shape index (κ3) is 7.38. The molecule has 198 valence electrons. The zero-order valence-electron chi connectivity index (χ0n) is 20.1. The topological polar surface area (TPSA) is 32.3 Å². The first-order chi connectivity index (χ1) is 16.8. The lowest BCUT2D eigenvalue weighted by atomic mass is 9.93. The lowest BCUT2D eigenvalue weighted by Gasteiger charge is -2.34. The molecule has 2 aromatic rings. The number of hydrogen-bond acceptors (Lipinski definition) is 2. The fraction of sp³-hybridized carbons (Fsp3) is 0.500. The van der Waals surface area contributed by atoms with Gasteiger partial charge < -0.3 is 10.2 Å². The molecule has 0 bridgehead atoms. The molecule has 1 aliphatic rings. The Morgan fingerprint density at radius 3 is 2.25 bits per heavy atom. The Balaban J connectivity index is 1.81. The van der Waals surface area contributed by atoms with E-state index in [4.69, 9.17) is 11.6 Å². The van der Waals surface area contributed by atoms with E-state index < -0.39 is 35.0 Å². The highest BCUT2D eigenvalue weighted by molar-refractivity contribution is 6.31.